The lowest BCUT2D eigenvalue weighted by molar-refractivity contribution is -0.121. The Kier molecular flexibility index (Phi) is 10.4. The van der Waals surface area contributed by atoms with Gasteiger partial charge in [-0.3, -0.25) is 24.0 Å². The van der Waals surface area contributed by atoms with E-state index in [1.165, 1.54) is 18.2 Å². The predicted molar refractivity (Wildman–Crippen MR) is 177 cm³/mol. The van der Waals surface area contributed by atoms with E-state index in [1.807, 2.05) is 37.2 Å². The van der Waals surface area contributed by atoms with Crippen molar-refractivity contribution in [1.29, 1.82) is 0 Å². The number of fused-ring (bicyclic) bond motifs is 1. The molecule has 0 saturated heterocycles. The van der Waals surface area contributed by atoms with Crippen LogP contribution in [0.2, 0.25) is 0 Å². The molecule has 5 rings (SSSR count). The predicted octanol–water partition coefficient (Wildman–Crippen LogP) is 1.51. The van der Waals surface area contributed by atoms with Crippen molar-refractivity contribution in [3.05, 3.63) is 84.5 Å². The lowest BCUT2D eigenvalue weighted by Crippen LogP contribution is -2.33. The van der Waals surface area contributed by atoms with Crippen molar-refractivity contribution in [2.24, 2.45) is 0 Å². The summed E-state index contributed by atoms with van der Waals surface area (Å²) in [5, 5.41) is 4.10. The van der Waals surface area contributed by atoms with E-state index in [0.717, 1.165) is 45.2 Å². The Morgan fingerprint density at radius 2 is 1.23 bits per heavy atom. The van der Waals surface area contributed by atoms with Crippen molar-refractivity contribution in [3.63, 3.8) is 0 Å². The molecule has 0 unspecified atom stereocenters. The molecule has 2 N–H and O–H groups in total. The third-order valence-electron chi connectivity index (χ3n) is 7.37. The van der Waals surface area contributed by atoms with Crippen LogP contribution in [0.1, 0.15) is 10.4 Å². The maximum atomic E-state index is 13.0. The Morgan fingerprint density at radius 1 is 0.708 bits per heavy atom. The van der Waals surface area contributed by atoms with Gasteiger partial charge in [0.15, 0.2) is 0 Å². The smallest absolute Gasteiger partial charge is 0.258 e. The Morgan fingerprint density at radius 3 is 1.79 bits per heavy atom. The van der Waals surface area contributed by atoms with Gasteiger partial charge in [0.2, 0.25) is 10.0 Å². The number of amides is 5. The first-order valence-electron chi connectivity index (χ1n) is 14.9. The topological polar surface area (TPSA) is 172 Å². The number of hydrogen-bond acceptors (Lipinski definition) is 10. The van der Waals surface area contributed by atoms with Crippen molar-refractivity contribution < 1.29 is 41.9 Å². The zero-order valence-corrected chi connectivity index (χ0v) is 27.0. The number of ether oxygens (including phenoxy) is 2. The van der Waals surface area contributed by atoms with Crippen LogP contribution in [-0.2, 0) is 38.7 Å². The minimum atomic E-state index is -3.79. The average molecular weight is 676 g/mol. The zero-order valence-electron chi connectivity index (χ0n) is 26.2. The van der Waals surface area contributed by atoms with Gasteiger partial charge in [0.1, 0.15) is 0 Å². The van der Waals surface area contributed by atoms with Crippen LogP contribution in [0, 0.1) is 0 Å². The highest BCUT2D eigenvalue weighted by Crippen LogP contribution is 2.31. The van der Waals surface area contributed by atoms with Gasteiger partial charge in [-0.05, 0) is 30.3 Å². The third-order valence-corrected chi connectivity index (χ3v) is 8.89. The molecular formula is C33H33N5O9S. The standard InChI is InChI=1S/C33H33N5O9S/c1-36(2)27-7-3-6-26-25(27)5-4-8-28(26)48(44,45)35-14-16-47-18-17-46-15-13-34-33(43)22-19-23(37-29(39)9-10-30(37)40)21-24(20-22)38-31(41)11-12-32(38)42/h3-12,19-21,35H,13-18H2,1-2H3,(H,34,43). The van der Waals surface area contributed by atoms with E-state index in [-0.39, 0.29) is 61.4 Å². The number of sulfonamides is 1. The molecule has 0 bridgehead atoms. The maximum Gasteiger partial charge on any atom is 0.258 e. The Balaban J connectivity index is 1.06. The average Bonchev–Trinajstić information content (AvgIpc) is 3.58. The van der Waals surface area contributed by atoms with Gasteiger partial charge in [-0.15, -0.1) is 0 Å². The molecule has 2 heterocycles. The summed E-state index contributed by atoms with van der Waals surface area (Å²) in [4.78, 5) is 65.8. The number of carbonyl (C=O) groups excluding carboxylic acids is 5. The summed E-state index contributed by atoms with van der Waals surface area (Å²) in [6, 6.07) is 14.6. The van der Waals surface area contributed by atoms with Gasteiger partial charge in [0.25, 0.3) is 29.5 Å². The fraction of sp³-hybridized carbons (Fsp3) is 0.242. The molecule has 250 valence electrons. The lowest BCUT2D eigenvalue weighted by Gasteiger charge is -2.20. The van der Waals surface area contributed by atoms with E-state index in [1.54, 1.807) is 18.2 Å². The zero-order chi connectivity index (χ0) is 34.4. The SMILES string of the molecule is CN(C)c1cccc2c(S(=O)(=O)NCCOCCOCCNC(=O)c3cc(N4C(=O)C=CC4=O)cc(N4C(=O)C=CC4=O)c3)cccc12. The van der Waals surface area contributed by atoms with Gasteiger partial charge in [-0.2, -0.15) is 0 Å². The van der Waals surface area contributed by atoms with E-state index in [4.69, 9.17) is 9.47 Å². The van der Waals surface area contributed by atoms with Crippen LogP contribution in [0.5, 0.6) is 0 Å². The summed E-state index contributed by atoms with van der Waals surface area (Å²) in [5.41, 5.74) is 0.968. The highest BCUT2D eigenvalue weighted by Gasteiger charge is 2.30. The third kappa shape index (κ3) is 7.50. The molecule has 14 nitrogen and oxygen atoms in total. The van der Waals surface area contributed by atoms with Gasteiger partial charge in [-0.1, -0.05) is 24.3 Å². The van der Waals surface area contributed by atoms with E-state index < -0.39 is 39.6 Å². The molecule has 48 heavy (non-hydrogen) atoms. The highest BCUT2D eigenvalue weighted by molar-refractivity contribution is 7.89. The van der Waals surface area contributed by atoms with Crippen LogP contribution in [0.4, 0.5) is 17.1 Å². The monoisotopic (exact) mass is 675 g/mol. The van der Waals surface area contributed by atoms with Crippen LogP contribution < -0.4 is 24.7 Å². The van der Waals surface area contributed by atoms with Crippen molar-refractivity contribution in [2.75, 3.05) is 68.3 Å². The molecule has 15 heteroatoms. The first-order chi connectivity index (χ1) is 23.0. The van der Waals surface area contributed by atoms with E-state index in [2.05, 4.69) is 10.0 Å². The molecule has 2 aliphatic heterocycles. The van der Waals surface area contributed by atoms with E-state index in [9.17, 15) is 32.4 Å². The van der Waals surface area contributed by atoms with Crippen LogP contribution in [-0.4, -0.2) is 91.6 Å². The number of benzene rings is 3. The van der Waals surface area contributed by atoms with E-state index >= 15 is 0 Å². The first-order valence-corrected chi connectivity index (χ1v) is 16.4. The first kappa shape index (κ1) is 34.1. The van der Waals surface area contributed by atoms with Gasteiger partial charge < -0.3 is 19.7 Å². The number of anilines is 3. The second kappa shape index (κ2) is 14.7. The Bertz CT molecular complexity index is 1860. The molecule has 0 saturated carbocycles. The van der Waals surface area contributed by atoms with Crippen molar-refractivity contribution >= 4 is 67.4 Å². The largest absolute Gasteiger partial charge is 0.378 e. The Hall–Kier alpha value is -5.22. The van der Waals surface area contributed by atoms with Crippen molar-refractivity contribution in [2.45, 2.75) is 4.90 Å². The van der Waals surface area contributed by atoms with Crippen molar-refractivity contribution in [1.82, 2.24) is 10.0 Å². The number of nitrogens with zero attached hydrogens (tertiary/aromatic N) is 3. The number of carbonyl (C=O) groups is 5. The molecule has 0 aliphatic carbocycles. The number of imide groups is 2. The minimum absolute atomic E-state index is 0.00919. The van der Waals surface area contributed by atoms with Gasteiger partial charge in [0, 0.05) is 73.5 Å². The molecule has 0 fully saturated rings. The van der Waals surface area contributed by atoms with E-state index in [0.29, 0.717) is 5.39 Å². The summed E-state index contributed by atoms with van der Waals surface area (Å²) < 4.78 is 39.6. The van der Waals surface area contributed by atoms with Crippen LogP contribution in [0.25, 0.3) is 10.8 Å². The summed E-state index contributed by atoms with van der Waals surface area (Å²) in [5.74, 6) is -3.10. The number of hydrogen-bond donors (Lipinski definition) is 2. The fourth-order valence-electron chi connectivity index (χ4n) is 5.17. The van der Waals surface area contributed by atoms with Crippen LogP contribution in [0.3, 0.4) is 0 Å². The summed E-state index contributed by atoms with van der Waals surface area (Å²) in [6.07, 6.45) is 4.31. The number of nitrogens with one attached hydrogen (secondary N) is 2. The highest BCUT2D eigenvalue weighted by atomic mass is 32.2. The van der Waals surface area contributed by atoms with Crippen molar-refractivity contribution in [3.8, 4) is 0 Å². The lowest BCUT2D eigenvalue weighted by atomic mass is 10.1. The van der Waals surface area contributed by atoms with Crippen LogP contribution >= 0.6 is 0 Å². The van der Waals surface area contributed by atoms with Gasteiger partial charge >= 0.3 is 0 Å². The normalized spacial score (nSPS) is 14.5. The molecule has 2 aliphatic rings. The number of rotatable bonds is 15. The summed E-state index contributed by atoms with van der Waals surface area (Å²) in [6.45, 7) is 0.728. The molecule has 0 atom stereocenters. The minimum Gasteiger partial charge on any atom is -0.378 e. The molecule has 0 radical (unpaired) electrons. The second-order valence-corrected chi connectivity index (χ2v) is 12.6. The Labute approximate surface area is 276 Å². The molecule has 3 aromatic carbocycles. The summed E-state index contributed by atoms with van der Waals surface area (Å²) in [7, 11) is 0.00233. The molecule has 0 aromatic heterocycles. The molecular weight excluding hydrogens is 642 g/mol. The maximum absolute atomic E-state index is 13.0. The quantitative estimate of drug-likeness (QED) is 0.178. The summed E-state index contributed by atoms with van der Waals surface area (Å²) >= 11 is 0. The van der Waals surface area contributed by atoms with Gasteiger partial charge in [-0.25, -0.2) is 22.9 Å². The second-order valence-electron chi connectivity index (χ2n) is 10.8. The van der Waals surface area contributed by atoms with Gasteiger partial charge in [0.05, 0.1) is 42.7 Å². The molecule has 5 amide bonds. The molecule has 0 spiro atoms. The molecule has 3 aromatic rings. The van der Waals surface area contributed by atoms with Crippen LogP contribution in [0.15, 0.2) is 83.8 Å². The fourth-order valence-corrected chi connectivity index (χ4v) is 6.40.